The molecule has 3 aromatic rings. The zero-order chi connectivity index (χ0) is 20.8. The van der Waals surface area contributed by atoms with Gasteiger partial charge in [0.1, 0.15) is 23.1 Å². The number of azo groups is 1. The third kappa shape index (κ3) is 5.46. The summed E-state index contributed by atoms with van der Waals surface area (Å²) in [5.74, 6) is 3.51. The van der Waals surface area contributed by atoms with Crippen LogP contribution >= 0.6 is 11.6 Å². The van der Waals surface area contributed by atoms with Gasteiger partial charge in [-0.15, -0.1) is 5.11 Å². The predicted molar refractivity (Wildman–Crippen MR) is 108 cm³/mol. The van der Waals surface area contributed by atoms with E-state index in [-0.39, 0.29) is 10.6 Å². The lowest BCUT2D eigenvalue weighted by atomic mass is 10.1. The summed E-state index contributed by atoms with van der Waals surface area (Å²) in [5.41, 5.74) is 1.80. The van der Waals surface area contributed by atoms with Crippen LogP contribution in [0.5, 0.6) is 0 Å². The van der Waals surface area contributed by atoms with E-state index in [1.807, 2.05) is 6.92 Å². The molecule has 0 saturated carbocycles. The van der Waals surface area contributed by atoms with Crippen LogP contribution in [0.4, 0.5) is 24.5 Å². The molecule has 0 aliphatic rings. The summed E-state index contributed by atoms with van der Waals surface area (Å²) >= 11 is 5.90. The molecule has 29 heavy (non-hydrogen) atoms. The molecule has 0 N–H and O–H groups in total. The number of nitrogens with zero attached hydrogens (tertiary/aromatic N) is 2. The largest absolute Gasteiger partial charge is 0.207 e. The second-order valence-corrected chi connectivity index (χ2v) is 6.68. The van der Waals surface area contributed by atoms with Gasteiger partial charge in [-0.25, -0.2) is 13.2 Å². The van der Waals surface area contributed by atoms with Gasteiger partial charge in [-0.05, 0) is 66.6 Å². The molecule has 3 aromatic carbocycles. The van der Waals surface area contributed by atoms with Gasteiger partial charge in [0, 0.05) is 5.56 Å². The number of aryl methyl sites for hydroxylation is 1. The van der Waals surface area contributed by atoms with Crippen LogP contribution in [0.3, 0.4) is 0 Å². The van der Waals surface area contributed by atoms with Gasteiger partial charge in [-0.1, -0.05) is 36.8 Å². The lowest BCUT2D eigenvalue weighted by molar-refractivity contribution is 0.573. The quantitative estimate of drug-likeness (QED) is 0.312. The van der Waals surface area contributed by atoms with Crippen LogP contribution in [0, 0.1) is 29.3 Å². The number of rotatable bonds is 4. The SMILES string of the molecule is CCCc1cc(F)c(C#Cc2ccc(N=Nc3ccc(F)cc3Cl)cc2)c(F)c1. The van der Waals surface area contributed by atoms with Gasteiger partial charge in [-0.2, -0.15) is 5.11 Å². The first-order valence-electron chi connectivity index (χ1n) is 8.93. The first-order valence-corrected chi connectivity index (χ1v) is 9.31. The fourth-order valence-electron chi connectivity index (χ4n) is 2.60. The minimum Gasteiger partial charge on any atom is -0.207 e. The highest BCUT2D eigenvalue weighted by Crippen LogP contribution is 2.27. The van der Waals surface area contributed by atoms with Crippen molar-refractivity contribution in [1.29, 1.82) is 0 Å². The van der Waals surface area contributed by atoms with Crippen LogP contribution in [0.1, 0.15) is 30.0 Å². The number of hydrogen-bond acceptors (Lipinski definition) is 2. The van der Waals surface area contributed by atoms with E-state index in [2.05, 4.69) is 22.1 Å². The second-order valence-electron chi connectivity index (χ2n) is 6.28. The van der Waals surface area contributed by atoms with E-state index in [1.165, 1.54) is 24.3 Å². The summed E-state index contributed by atoms with van der Waals surface area (Å²) in [6.07, 6.45) is 1.42. The van der Waals surface area contributed by atoms with E-state index in [0.717, 1.165) is 12.5 Å². The van der Waals surface area contributed by atoms with Crippen LogP contribution in [-0.4, -0.2) is 0 Å². The maximum absolute atomic E-state index is 14.1. The Balaban J connectivity index is 1.76. The summed E-state index contributed by atoms with van der Waals surface area (Å²) in [6.45, 7) is 1.95. The number of hydrogen-bond donors (Lipinski definition) is 0. The molecule has 0 spiro atoms. The average molecular weight is 413 g/mol. The first-order chi connectivity index (χ1) is 14.0. The molecular weight excluding hydrogens is 397 g/mol. The molecule has 0 aliphatic heterocycles. The van der Waals surface area contributed by atoms with E-state index in [4.69, 9.17) is 11.6 Å². The van der Waals surface area contributed by atoms with Crippen molar-refractivity contribution in [3.63, 3.8) is 0 Å². The fraction of sp³-hybridized carbons (Fsp3) is 0.130. The molecule has 0 heterocycles. The molecule has 0 saturated heterocycles. The van der Waals surface area contributed by atoms with Crippen LogP contribution in [-0.2, 0) is 6.42 Å². The minimum atomic E-state index is -0.664. The monoisotopic (exact) mass is 412 g/mol. The van der Waals surface area contributed by atoms with Crippen LogP contribution in [0.2, 0.25) is 5.02 Å². The molecule has 0 amide bonds. The van der Waals surface area contributed by atoms with Gasteiger partial charge < -0.3 is 0 Å². The zero-order valence-electron chi connectivity index (χ0n) is 15.5. The molecule has 6 heteroatoms. The Hall–Kier alpha value is -3.10. The lowest BCUT2D eigenvalue weighted by Crippen LogP contribution is -1.94. The zero-order valence-corrected chi connectivity index (χ0v) is 16.3. The van der Waals surface area contributed by atoms with Gasteiger partial charge in [0.25, 0.3) is 0 Å². The highest BCUT2D eigenvalue weighted by atomic mass is 35.5. The molecule has 2 nitrogen and oxygen atoms in total. The van der Waals surface area contributed by atoms with Crippen molar-refractivity contribution in [2.45, 2.75) is 19.8 Å². The molecular formula is C23H16ClF3N2. The van der Waals surface area contributed by atoms with Crippen LogP contribution < -0.4 is 0 Å². The second kappa shape index (κ2) is 9.40. The fourth-order valence-corrected chi connectivity index (χ4v) is 2.80. The Morgan fingerprint density at radius 2 is 1.55 bits per heavy atom. The van der Waals surface area contributed by atoms with E-state index in [0.29, 0.717) is 28.9 Å². The van der Waals surface area contributed by atoms with E-state index in [9.17, 15) is 13.2 Å². The highest BCUT2D eigenvalue weighted by molar-refractivity contribution is 6.32. The van der Waals surface area contributed by atoms with Crippen LogP contribution in [0.15, 0.2) is 64.8 Å². The van der Waals surface area contributed by atoms with Gasteiger partial charge in [-0.3, -0.25) is 0 Å². The molecule has 0 fully saturated rings. The molecule has 0 bridgehead atoms. The van der Waals surface area contributed by atoms with Gasteiger partial charge in [0.05, 0.1) is 16.3 Å². The average Bonchev–Trinajstić information content (AvgIpc) is 2.68. The maximum Gasteiger partial charge on any atom is 0.142 e. The highest BCUT2D eigenvalue weighted by Gasteiger charge is 2.08. The molecule has 0 radical (unpaired) electrons. The Bertz CT molecular complexity index is 1090. The van der Waals surface area contributed by atoms with Crippen molar-refractivity contribution in [1.82, 2.24) is 0 Å². The Labute approximate surface area is 172 Å². The van der Waals surface area contributed by atoms with E-state index < -0.39 is 17.5 Å². The van der Waals surface area contributed by atoms with Gasteiger partial charge in [0.2, 0.25) is 0 Å². The Morgan fingerprint density at radius 3 is 2.17 bits per heavy atom. The van der Waals surface area contributed by atoms with Crippen molar-refractivity contribution in [3.8, 4) is 11.8 Å². The Morgan fingerprint density at radius 1 is 0.862 bits per heavy atom. The molecule has 0 aromatic heterocycles. The van der Waals surface area contributed by atoms with Crippen molar-refractivity contribution < 1.29 is 13.2 Å². The number of benzene rings is 3. The normalized spacial score (nSPS) is 10.8. The molecule has 146 valence electrons. The Kier molecular flexibility index (Phi) is 6.69. The summed E-state index contributed by atoms with van der Waals surface area (Å²) in [7, 11) is 0. The smallest absolute Gasteiger partial charge is 0.142 e. The number of halogens is 4. The first kappa shape index (κ1) is 20.6. The summed E-state index contributed by atoms with van der Waals surface area (Å²) in [6, 6.07) is 13.1. The molecule has 3 rings (SSSR count). The predicted octanol–water partition coefficient (Wildman–Crippen LogP) is 7.53. The van der Waals surface area contributed by atoms with E-state index >= 15 is 0 Å². The van der Waals surface area contributed by atoms with Crippen molar-refractivity contribution in [2.24, 2.45) is 10.2 Å². The van der Waals surface area contributed by atoms with Crippen molar-refractivity contribution in [3.05, 3.63) is 93.8 Å². The topological polar surface area (TPSA) is 24.7 Å². The van der Waals surface area contributed by atoms with Gasteiger partial charge in [0.15, 0.2) is 0 Å². The third-order valence-electron chi connectivity index (χ3n) is 4.02. The standard InChI is InChI=1S/C23H16ClF3N2/c1-2-3-16-12-21(26)19(22(27)13-16)10-6-15-4-8-18(9-5-15)28-29-23-11-7-17(25)14-20(23)24/h4-5,7-9,11-14H,2-3H2,1H3. The summed E-state index contributed by atoms with van der Waals surface area (Å²) in [5, 5.41) is 8.17. The van der Waals surface area contributed by atoms with Crippen molar-refractivity contribution in [2.75, 3.05) is 0 Å². The summed E-state index contributed by atoms with van der Waals surface area (Å²) in [4.78, 5) is 0. The third-order valence-corrected chi connectivity index (χ3v) is 4.33. The summed E-state index contributed by atoms with van der Waals surface area (Å²) < 4.78 is 41.3. The van der Waals surface area contributed by atoms with E-state index in [1.54, 1.807) is 24.3 Å². The molecule has 0 unspecified atom stereocenters. The molecule has 0 aliphatic carbocycles. The lowest BCUT2D eigenvalue weighted by Gasteiger charge is -2.02. The van der Waals surface area contributed by atoms with Crippen LogP contribution in [0.25, 0.3) is 0 Å². The molecule has 0 atom stereocenters. The van der Waals surface area contributed by atoms with Gasteiger partial charge >= 0.3 is 0 Å². The minimum absolute atomic E-state index is 0.158. The maximum atomic E-state index is 14.1. The van der Waals surface area contributed by atoms with Crippen molar-refractivity contribution >= 4 is 23.0 Å².